The van der Waals surface area contributed by atoms with Gasteiger partial charge in [0.05, 0.1) is 11.8 Å². The number of thiocarbonyl (C=S) groups is 1. The normalized spacial score (nSPS) is 12.0. The molecule has 18 heavy (non-hydrogen) atoms. The number of hydrogen-bond donors (Lipinski definition) is 3. The molecule has 1 heterocycles. The van der Waals surface area contributed by atoms with Crippen LogP contribution in [0.2, 0.25) is 0 Å². The molecule has 0 aromatic carbocycles. The summed E-state index contributed by atoms with van der Waals surface area (Å²) in [6.45, 7) is 5.52. The summed E-state index contributed by atoms with van der Waals surface area (Å²) in [5, 5.41) is 13.4. The maximum atomic E-state index is 11.8. The zero-order valence-corrected chi connectivity index (χ0v) is 11.4. The van der Waals surface area contributed by atoms with Gasteiger partial charge in [-0.05, 0) is 26.8 Å². The van der Waals surface area contributed by atoms with Crippen LogP contribution >= 0.6 is 12.2 Å². The Morgan fingerprint density at radius 3 is 2.67 bits per heavy atom. The molecular formula is C11H17N5OS. The summed E-state index contributed by atoms with van der Waals surface area (Å²) in [4.78, 5) is 12.0. The average Bonchev–Trinajstić information content (AvgIpc) is 2.28. The summed E-state index contributed by atoms with van der Waals surface area (Å²) in [7, 11) is 0. The standard InChI is InChI=1S/C11H17N5OS/c1-6(2)14-11(17)7(3)15-10-8(9(12)18)4-5-13-16-10/h4-7H,1-3H3,(H2,12,18)(H,14,17)(H,15,16). The van der Waals surface area contributed by atoms with Crippen molar-refractivity contribution in [3.05, 3.63) is 17.8 Å². The van der Waals surface area contributed by atoms with E-state index in [4.69, 9.17) is 18.0 Å². The molecule has 0 aliphatic rings. The lowest BCUT2D eigenvalue weighted by molar-refractivity contribution is -0.122. The highest BCUT2D eigenvalue weighted by molar-refractivity contribution is 7.80. The van der Waals surface area contributed by atoms with E-state index in [1.54, 1.807) is 13.0 Å². The maximum absolute atomic E-state index is 11.8. The van der Waals surface area contributed by atoms with E-state index < -0.39 is 6.04 Å². The Labute approximate surface area is 111 Å². The van der Waals surface area contributed by atoms with Crippen molar-refractivity contribution >= 4 is 28.9 Å². The minimum Gasteiger partial charge on any atom is -0.389 e. The monoisotopic (exact) mass is 267 g/mol. The van der Waals surface area contributed by atoms with E-state index in [9.17, 15) is 4.79 Å². The fourth-order valence-electron chi connectivity index (χ4n) is 1.32. The quantitative estimate of drug-likeness (QED) is 0.670. The Morgan fingerprint density at radius 2 is 2.11 bits per heavy atom. The van der Waals surface area contributed by atoms with E-state index in [0.29, 0.717) is 11.4 Å². The summed E-state index contributed by atoms with van der Waals surface area (Å²) in [6, 6.07) is 1.29. The minimum atomic E-state index is -0.447. The molecule has 0 fully saturated rings. The molecule has 4 N–H and O–H groups in total. The van der Waals surface area contributed by atoms with Crippen molar-refractivity contribution in [2.75, 3.05) is 5.32 Å². The van der Waals surface area contributed by atoms with Crippen LogP contribution in [0.3, 0.4) is 0 Å². The molecule has 6 nitrogen and oxygen atoms in total. The summed E-state index contributed by atoms with van der Waals surface area (Å²) in [5.74, 6) is 0.293. The fourth-order valence-corrected chi connectivity index (χ4v) is 1.48. The van der Waals surface area contributed by atoms with Gasteiger partial charge in [-0.3, -0.25) is 4.79 Å². The highest BCUT2D eigenvalue weighted by Gasteiger charge is 2.16. The number of nitrogens with zero attached hydrogens (tertiary/aromatic N) is 2. The molecule has 1 rings (SSSR count). The van der Waals surface area contributed by atoms with Gasteiger partial charge in [0.2, 0.25) is 5.91 Å². The molecule has 0 radical (unpaired) electrons. The fraction of sp³-hybridized carbons (Fsp3) is 0.455. The second-order valence-electron chi connectivity index (χ2n) is 4.19. The molecular weight excluding hydrogens is 250 g/mol. The maximum Gasteiger partial charge on any atom is 0.242 e. The third-order valence-corrected chi connectivity index (χ3v) is 2.38. The van der Waals surface area contributed by atoms with E-state index in [1.807, 2.05) is 13.8 Å². The smallest absolute Gasteiger partial charge is 0.242 e. The highest BCUT2D eigenvalue weighted by Crippen LogP contribution is 2.11. The zero-order valence-electron chi connectivity index (χ0n) is 10.6. The van der Waals surface area contributed by atoms with E-state index in [2.05, 4.69) is 20.8 Å². The van der Waals surface area contributed by atoms with Crippen molar-refractivity contribution in [3.8, 4) is 0 Å². The van der Waals surface area contributed by atoms with Crippen LogP contribution in [-0.2, 0) is 4.79 Å². The minimum absolute atomic E-state index is 0.0821. The Hall–Kier alpha value is -1.76. The Morgan fingerprint density at radius 1 is 1.44 bits per heavy atom. The Bertz CT molecular complexity index is 449. The third-order valence-electron chi connectivity index (χ3n) is 2.16. The molecule has 0 aliphatic carbocycles. The molecule has 1 unspecified atom stereocenters. The van der Waals surface area contributed by atoms with Gasteiger partial charge in [0, 0.05) is 6.04 Å². The lowest BCUT2D eigenvalue weighted by Crippen LogP contribution is -2.41. The first-order valence-corrected chi connectivity index (χ1v) is 6.01. The van der Waals surface area contributed by atoms with Crippen molar-refractivity contribution in [2.45, 2.75) is 32.9 Å². The number of rotatable bonds is 5. The number of carbonyl (C=O) groups excluding carboxylic acids is 1. The van der Waals surface area contributed by atoms with Gasteiger partial charge in [-0.2, -0.15) is 5.10 Å². The largest absolute Gasteiger partial charge is 0.389 e. The van der Waals surface area contributed by atoms with Gasteiger partial charge in [-0.25, -0.2) is 0 Å². The predicted octanol–water partition coefficient (Wildman–Crippen LogP) is 0.436. The molecule has 1 aromatic rings. The third kappa shape index (κ3) is 3.92. The first kappa shape index (κ1) is 14.3. The lowest BCUT2D eigenvalue weighted by atomic mass is 10.2. The van der Waals surface area contributed by atoms with Crippen LogP contribution in [0, 0.1) is 0 Å². The van der Waals surface area contributed by atoms with Crippen molar-refractivity contribution < 1.29 is 4.79 Å². The average molecular weight is 267 g/mol. The highest BCUT2D eigenvalue weighted by atomic mass is 32.1. The molecule has 98 valence electrons. The van der Waals surface area contributed by atoms with Crippen LogP contribution in [0.4, 0.5) is 5.82 Å². The summed E-state index contributed by atoms with van der Waals surface area (Å²) in [5.41, 5.74) is 6.14. The number of hydrogen-bond acceptors (Lipinski definition) is 5. The van der Waals surface area contributed by atoms with Crippen LogP contribution in [0.25, 0.3) is 0 Å². The van der Waals surface area contributed by atoms with Crippen LogP contribution < -0.4 is 16.4 Å². The lowest BCUT2D eigenvalue weighted by Gasteiger charge is -2.17. The number of nitrogens with one attached hydrogen (secondary N) is 2. The molecule has 1 aromatic heterocycles. The molecule has 7 heteroatoms. The van der Waals surface area contributed by atoms with Gasteiger partial charge in [-0.1, -0.05) is 12.2 Å². The predicted molar refractivity (Wildman–Crippen MR) is 74.3 cm³/mol. The second-order valence-corrected chi connectivity index (χ2v) is 4.63. The Balaban J connectivity index is 2.78. The second kappa shape index (κ2) is 6.25. The molecule has 0 bridgehead atoms. The van der Waals surface area contributed by atoms with Crippen LogP contribution in [0.15, 0.2) is 12.3 Å². The van der Waals surface area contributed by atoms with E-state index in [-0.39, 0.29) is 16.9 Å². The van der Waals surface area contributed by atoms with Gasteiger partial charge in [-0.15, -0.1) is 5.10 Å². The van der Waals surface area contributed by atoms with Crippen LogP contribution in [-0.4, -0.2) is 33.2 Å². The molecule has 1 amide bonds. The van der Waals surface area contributed by atoms with Gasteiger partial charge >= 0.3 is 0 Å². The molecule has 1 atom stereocenters. The van der Waals surface area contributed by atoms with Gasteiger partial charge in [0.15, 0.2) is 5.82 Å². The van der Waals surface area contributed by atoms with Crippen molar-refractivity contribution in [1.82, 2.24) is 15.5 Å². The number of carbonyl (C=O) groups is 1. The molecule has 0 saturated heterocycles. The summed E-state index contributed by atoms with van der Waals surface area (Å²) in [6.07, 6.45) is 1.50. The number of anilines is 1. The first-order valence-electron chi connectivity index (χ1n) is 5.60. The number of amides is 1. The van der Waals surface area contributed by atoms with Crippen molar-refractivity contribution in [3.63, 3.8) is 0 Å². The molecule has 0 saturated carbocycles. The molecule has 0 spiro atoms. The first-order chi connectivity index (χ1) is 8.41. The van der Waals surface area contributed by atoms with Crippen LogP contribution in [0.5, 0.6) is 0 Å². The molecule has 0 aliphatic heterocycles. The van der Waals surface area contributed by atoms with Crippen molar-refractivity contribution in [1.29, 1.82) is 0 Å². The van der Waals surface area contributed by atoms with Gasteiger partial charge in [0.25, 0.3) is 0 Å². The Kier molecular flexibility index (Phi) is 4.96. The summed E-state index contributed by atoms with van der Waals surface area (Å²) >= 11 is 4.91. The van der Waals surface area contributed by atoms with E-state index >= 15 is 0 Å². The van der Waals surface area contributed by atoms with Crippen LogP contribution in [0.1, 0.15) is 26.3 Å². The number of aromatic nitrogens is 2. The topological polar surface area (TPSA) is 92.9 Å². The van der Waals surface area contributed by atoms with Gasteiger partial charge < -0.3 is 16.4 Å². The summed E-state index contributed by atoms with van der Waals surface area (Å²) < 4.78 is 0. The van der Waals surface area contributed by atoms with E-state index in [1.165, 1.54) is 6.20 Å². The van der Waals surface area contributed by atoms with Gasteiger partial charge in [0.1, 0.15) is 11.0 Å². The van der Waals surface area contributed by atoms with E-state index in [0.717, 1.165) is 0 Å². The zero-order chi connectivity index (χ0) is 13.7. The van der Waals surface area contributed by atoms with Crippen molar-refractivity contribution in [2.24, 2.45) is 5.73 Å². The number of nitrogens with two attached hydrogens (primary N) is 1. The SMILES string of the molecule is CC(C)NC(=O)C(C)Nc1nnccc1C(N)=S.